The summed E-state index contributed by atoms with van der Waals surface area (Å²) in [6.07, 6.45) is 7.81. The number of nitrogens with zero attached hydrogens (tertiary/aromatic N) is 1. The molecule has 0 spiro atoms. The van der Waals surface area contributed by atoms with Gasteiger partial charge in [0, 0.05) is 6.20 Å². The molecule has 1 aromatic rings. The van der Waals surface area contributed by atoms with Crippen molar-refractivity contribution >= 4 is 23.6 Å². The number of imidazole rings is 1. The summed E-state index contributed by atoms with van der Waals surface area (Å²) in [5.41, 5.74) is 0.855. The first-order valence-electron chi connectivity index (χ1n) is 4.98. The third kappa shape index (κ3) is 2.07. The first-order valence-corrected chi connectivity index (χ1v) is 7.29. The zero-order valence-electron chi connectivity index (χ0n) is 9.52. The molecule has 1 saturated heterocycles. The summed E-state index contributed by atoms with van der Waals surface area (Å²) < 4.78 is 11.8. The van der Waals surface area contributed by atoms with Gasteiger partial charge in [-0.3, -0.25) is 0 Å². The van der Waals surface area contributed by atoms with Crippen LogP contribution in [0.25, 0.3) is 0 Å². The average Bonchev–Trinajstić information content (AvgIpc) is 2.69. The van der Waals surface area contributed by atoms with Crippen LogP contribution in [-0.4, -0.2) is 40.6 Å². The lowest BCUT2D eigenvalue weighted by Crippen LogP contribution is -2.35. The Labute approximate surface area is 93.3 Å². The summed E-state index contributed by atoms with van der Waals surface area (Å²) in [6.45, 7) is 4.16. The van der Waals surface area contributed by atoms with Crippen LogP contribution < -0.4 is 5.59 Å². The molecule has 1 aliphatic rings. The van der Waals surface area contributed by atoms with Crippen LogP contribution in [-0.2, 0) is 9.31 Å². The molecular formula is C9H17BN2O2S. The standard InChI is InChI=1S/C9H17BN2O2S/c1-9(2)8(15(3)4)13-10(14-9)7-5-11-6-12-7/h5-6,8,15H,1-4H3,(H,11,12). The van der Waals surface area contributed by atoms with Gasteiger partial charge in [0.05, 0.1) is 23.0 Å². The summed E-state index contributed by atoms with van der Waals surface area (Å²) in [5, 5.41) is 0. The number of nitrogens with one attached hydrogen (secondary N) is 1. The van der Waals surface area contributed by atoms with E-state index >= 15 is 0 Å². The van der Waals surface area contributed by atoms with E-state index in [4.69, 9.17) is 9.31 Å². The van der Waals surface area contributed by atoms with Crippen LogP contribution in [0.15, 0.2) is 12.5 Å². The lowest BCUT2D eigenvalue weighted by atomic mass is 9.86. The van der Waals surface area contributed by atoms with E-state index in [1.807, 2.05) is 0 Å². The summed E-state index contributed by atoms with van der Waals surface area (Å²) in [6, 6.07) is 0. The van der Waals surface area contributed by atoms with Crippen molar-refractivity contribution in [2.75, 3.05) is 12.5 Å². The molecule has 1 fully saturated rings. The fourth-order valence-corrected chi connectivity index (χ4v) is 3.58. The lowest BCUT2D eigenvalue weighted by Gasteiger charge is -2.30. The van der Waals surface area contributed by atoms with E-state index in [9.17, 15) is 0 Å². The van der Waals surface area contributed by atoms with Gasteiger partial charge in [0.15, 0.2) is 0 Å². The van der Waals surface area contributed by atoms with Gasteiger partial charge in [-0.2, -0.15) is 0 Å². The molecule has 1 N–H and O–H groups in total. The van der Waals surface area contributed by atoms with Gasteiger partial charge in [0.1, 0.15) is 0 Å². The van der Waals surface area contributed by atoms with Gasteiger partial charge >= 0.3 is 7.12 Å². The number of hydrogen-bond acceptors (Lipinski definition) is 3. The fourth-order valence-electron chi connectivity index (χ4n) is 1.92. The van der Waals surface area contributed by atoms with Crippen LogP contribution >= 0.6 is 10.9 Å². The Balaban J connectivity index is 2.16. The molecule has 1 unspecified atom stereocenters. The highest BCUT2D eigenvalue weighted by atomic mass is 32.2. The second-order valence-corrected chi connectivity index (χ2v) is 6.91. The molecule has 1 aliphatic heterocycles. The predicted octanol–water partition coefficient (Wildman–Crippen LogP) is 0.517. The zero-order valence-corrected chi connectivity index (χ0v) is 10.4. The van der Waals surface area contributed by atoms with Gasteiger partial charge in [-0.25, -0.2) is 15.9 Å². The van der Waals surface area contributed by atoms with Crippen LogP contribution in [0.4, 0.5) is 0 Å². The van der Waals surface area contributed by atoms with Gasteiger partial charge < -0.3 is 14.3 Å². The van der Waals surface area contributed by atoms with E-state index in [1.165, 1.54) is 0 Å². The zero-order chi connectivity index (χ0) is 11.1. The van der Waals surface area contributed by atoms with Gasteiger partial charge in [-0.15, -0.1) is 0 Å². The van der Waals surface area contributed by atoms with E-state index in [2.05, 4.69) is 36.3 Å². The van der Waals surface area contributed by atoms with Crippen molar-refractivity contribution in [2.45, 2.75) is 24.9 Å². The molecule has 2 heterocycles. The summed E-state index contributed by atoms with van der Waals surface area (Å²) >= 11 is 0. The third-order valence-electron chi connectivity index (χ3n) is 2.50. The van der Waals surface area contributed by atoms with Gasteiger partial charge in [-0.1, -0.05) is 0 Å². The Morgan fingerprint density at radius 3 is 2.73 bits per heavy atom. The minimum atomic E-state index is -0.294. The molecule has 0 bridgehead atoms. The smallest absolute Gasteiger partial charge is 0.398 e. The minimum absolute atomic E-state index is 0.174. The van der Waals surface area contributed by atoms with E-state index in [0.717, 1.165) is 5.59 Å². The van der Waals surface area contributed by atoms with E-state index < -0.39 is 0 Å². The van der Waals surface area contributed by atoms with E-state index in [1.54, 1.807) is 12.5 Å². The van der Waals surface area contributed by atoms with Gasteiger partial charge in [0.25, 0.3) is 0 Å². The molecule has 0 radical (unpaired) electrons. The van der Waals surface area contributed by atoms with Crippen LogP contribution in [0.2, 0.25) is 0 Å². The highest BCUT2D eigenvalue weighted by Gasteiger charge is 2.47. The average molecular weight is 228 g/mol. The Kier molecular flexibility index (Phi) is 2.83. The number of H-pyrrole nitrogens is 1. The summed E-state index contributed by atoms with van der Waals surface area (Å²) in [4.78, 5) is 7.00. The number of aromatic amines is 1. The van der Waals surface area contributed by atoms with Crippen LogP contribution in [0.1, 0.15) is 13.8 Å². The first-order chi connectivity index (χ1) is 7.00. The van der Waals surface area contributed by atoms with Gasteiger partial charge in [0.2, 0.25) is 0 Å². The minimum Gasteiger partial charge on any atom is -0.398 e. The Morgan fingerprint density at radius 1 is 1.53 bits per heavy atom. The fraction of sp³-hybridized carbons (Fsp3) is 0.667. The number of thiol groups is 1. The van der Waals surface area contributed by atoms with Crippen molar-refractivity contribution in [3.8, 4) is 0 Å². The molecule has 1 atom stereocenters. The molecule has 0 aromatic carbocycles. The van der Waals surface area contributed by atoms with Crippen molar-refractivity contribution in [2.24, 2.45) is 0 Å². The number of hydrogen-bond donors (Lipinski definition) is 2. The molecular weight excluding hydrogens is 211 g/mol. The Hall–Kier alpha value is -0.455. The molecule has 0 amide bonds. The van der Waals surface area contributed by atoms with Gasteiger partial charge in [-0.05, 0) is 26.4 Å². The monoisotopic (exact) mass is 228 g/mol. The number of aromatic nitrogens is 2. The summed E-state index contributed by atoms with van der Waals surface area (Å²) in [7, 11) is -0.468. The molecule has 84 valence electrons. The van der Waals surface area contributed by atoms with E-state index in [-0.39, 0.29) is 29.1 Å². The molecule has 4 nitrogen and oxygen atoms in total. The van der Waals surface area contributed by atoms with E-state index in [0.29, 0.717) is 0 Å². The maximum atomic E-state index is 5.92. The molecule has 15 heavy (non-hydrogen) atoms. The van der Waals surface area contributed by atoms with Crippen molar-refractivity contribution in [1.29, 1.82) is 0 Å². The third-order valence-corrected chi connectivity index (χ3v) is 4.18. The van der Waals surface area contributed by atoms with Crippen molar-refractivity contribution in [3.05, 3.63) is 12.5 Å². The maximum Gasteiger partial charge on any atom is 0.514 e. The quantitative estimate of drug-likeness (QED) is 0.573. The SMILES string of the molecule is C[SH](C)C1OB(c2cnc[nH]2)OC1(C)C. The molecule has 0 aliphatic carbocycles. The normalized spacial score (nSPS) is 25.7. The van der Waals surface area contributed by atoms with Crippen molar-refractivity contribution < 1.29 is 9.31 Å². The maximum absolute atomic E-state index is 5.92. The Bertz CT molecular complexity index is 329. The first kappa shape index (κ1) is 11.0. The largest absolute Gasteiger partial charge is 0.514 e. The molecule has 1 aromatic heterocycles. The lowest BCUT2D eigenvalue weighted by molar-refractivity contribution is 0.120. The molecule has 6 heteroatoms. The Morgan fingerprint density at radius 2 is 2.27 bits per heavy atom. The molecule has 0 saturated carbocycles. The second kappa shape index (κ2) is 3.85. The van der Waals surface area contributed by atoms with Crippen molar-refractivity contribution in [3.63, 3.8) is 0 Å². The van der Waals surface area contributed by atoms with Crippen molar-refractivity contribution in [1.82, 2.24) is 9.97 Å². The second-order valence-electron chi connectivity index (χ2n) is 4.51. The summed E-state index contributed by atoms with van der Waals surface area (Å²) in [5.74, 6) is 0. The van der Waals surface area contributed by atoms with Crippen LogP contribution in [0.3, 0.4) is 0 Å². The highest BCUT2D eigenvalue weighted by molar-refractivity contribution is 8.16. The van der Waals surface area contributed by atoms with Crippen LogP contribution in [0, 0.1) is 0 Å². The highest BCUT2D eigenvalue weighted by Crippen LogP contribution is 2.39. The molecule has 2 rings (SSSR count). The topological polar surface area (TPSA) is 47.1 Å². The predicted molar refractivity (Wildman–Crippen MR) is 64.8 cm³/mol. The number of rotatable bonds is 2. The van der Waals surface area contributed by atoms with Crippen LogP contribution in [0.5, 0.6) is 0 Å².